The van der Waals surface area contributed by atoms with E-state index in [1.165, 1.54) is 6.21 Å². The van der Waals surface area contributed by atoms with Crippen molar-refractivity contribution in [1.82, 2.24) is 0 Å². The molecule has 0 amide bonds. The van der Waals surface area contributed by atoms with E-state index >= 15 is 0 Å². The summed E-state index contributed by atoms with van der Waals surface area (Å²) in [5.41, 5.74) is 0.742. The molecular formula is C12H16BrNO3. The van der Waals surface area contributed by atoms with Gasteiger partial charge in [0.15, 0.2) is 11.5 Å². The molecule has 0 unspecified atom stereocenters. The number of hydrogen-bond acceptors (Lipinski definition) is 4. The smallest absolute Gasteiger partial charge is 0.175 e. The summed E-state index contributed by atoms with van der Waals surface area (Å²) in [5, 5.41) is 11.5. The zero-order valence-electron chi connectivity index (χ0n) is 9.94. The van der Waals surface area contributed by atoms with Gasteiger partial charge in [0.25, 0.3) is 0 Å². The first-order valence-electron chi connectivity index (χ1n) is 5.49. The van der Waals surface area contributed by atoms with Crippen LogP contribution in [0.3, 0.4) is 0 Å². The number of hydrogen-bond donors (Lipinski definition) is 1. The van der Waals surface area contributed by atoms with Gasteiger partial charge in [0.1, 0.15) is 0 Å². The van der Waals surface area contributed by atoms with Crippen LogP contribution in [0.4, 0.5) is 0 Å². The highest BCUT2D eigenvalue weighted by Crippen LogP contribution is 2.36. The molecule has 0 atom stereocenters. The van der Waals surface area contributed by atoms with Gasteiger partial charge in [-0.25, -0.2) is 0 Å². The minimum atomic E-state index is 0.550. The lowest BCUT2D eigenvalue weighted by Crippen LogP contribution is -2.01. The minimum Gasteiger partial charge on any atom is -0.490 e. The van der Waals surface area contributed by atoms with Gasteiger partial charge < -0.3 is 14.7 Å². The maximum Gasteiger partial charge on any atom is 0.175 e. The average molecular weight is 302 g/mol. The van der Waals surface area contributed by atoms with Gasteiger partial charge in [-0.15, -0.1) is 0 Å². The lowest BCUT2D eigenvalue weighted by molar-refractivity contribution is 0.275. The Kier molecular flexibility index (Phi) is 5.83. The quantitative estimate of drug-likeness (QED) is 0.497. The van der Waals surface area contributed by atoms with Crippen LogP contribution in [0.5, 0.6) is 11.5 Å². The molecule has 1 rings (SSSR count). The number of benzene rings is 1. The number of halogens is 1. The van der Waals surface area contributed by atoms with Crippen molar-refractivity contribution in [3.8, 4) is 11.5 Å². The maximum atomic E-state index is 8.52. The lowest BCUT2D eigenvalue weighted by Gasteiger charge is -2.13. The third-order valence-electron chi connectivity index (χ3n) is 1.99. The van der Waals surface area contributed by atoms with Crippen molar-refractivity contribution in [3.05, 3.63) is 22.2 Å². The fraction of sp³-hybridized carbons (Fsp3) is 0.417. The van der Waals surface area contributed by atoms with E-state index in [0.29, 0.717) is 24.7 Å². The predicted octanol–water partition coefficient (Wildman–Crippen LogP) is 3.44. The molecule has 0 radical (unpaired) electrons. The van der Waals surface area contributed by atoms with Gasteiger partial charge in [-0.1, -0.05) is 12.1 Å². The highest BCUT2D eigenvalue weighted by atomic mass is 79.9. The molecule has 0 bridgehead atoms. The molecule has 1 N–H and O–H groups in total. The SMILES string of the molecule is CCCOc1c(Br)cc(/C=N\O)cc1OCC. The molecule has 0 heterocycles. The third kappa shape index (κ3) is 3.93. The van der Waals surface area contributed by atoms with Crippen LogP contribution in [-0.4, -0.2) is 24.6 Å². The van der Waals surface area contributed by atoms with E-state index < -0.39 is 0 Å². The molecule has 0 saturated carbocycles. The molecule has 0 saturated heterocycles. The van der Waals surface area contributed by atoms with Gasteiger partial charge in [-0.3, -0.25) is 0 Å². The number of rotatable bonds is 6. The molecule has 0 spiro atoms. The van der Waals surface area contributed by atoms with Crippen LogP contribution < -0.4 is 9.47 Å². The van der Waals surface area contributed by atoms with Crippen LogP contribution in [0.2, 0.25) is 0 Å². The molecule has 94 valence electrons. The molecule has 0 aliphatic rings. The van der Waals surface area contributed by atoms with Gasteiger partial charge in [-0.2, -0.15) is 0 Å². The van der Waals surface area contributed by atoms with Crippen molar-refractivity contribution in [2.45, 2.75) is 20.3 Å². The maximum absolute atomic E-state index is 8.52. The molecule has 0 aliphatic heterocycles. The molecule has 17 heavy (non-hydrogen) atoms. The second-order valence-corrected chi connectivity index (χ2v) is 4.21. The second-order valence-electron chi connectivity index (χ2n) is 3.36. The Hall–Kier alpha value is -1.23. The topological polar surface area (TPSA) is 51.0 Å². The molecule has 1 aromatic rings. The Balaban J connectivity index is 3.08. The van der Waals surface area contributed by atoms with E-state index in [2.05, 4.69) is 21.1 Å². The van der Waals surface area contributed by atoms with Crippen molar-refractivity contribution < 1.29 is 14.7 Å². The zero-order chi connectivity index (χ0) is 12.7. The lowest BCUT2D eigenvalue weighted by atomic mass is 10.2. The van der Waals surface area contributed by atoms with E-state index in [1.54, 1.807) is 6.07 Å². The summed E-state index contributed by atoms with van der Waals surface area (Å²) >= 11 is 3.42. The summed E-state index contributed by atoms with van der Waals surface area (Å²) < 4.78 is 11.9. The normalized spacial score (nSPS) is 10.8. The molecule has 4 nitrogen and oxygen atoms in total. The van der Waals surface area contributed by atoms with Gasteiger partial charge in [0.2, 0.25) is 0 Å². The zero-order valence-corrected chi connectivity index (χ0v) is 11.5. The fourth-order valence-corrected chi connectivity index (χ4v) is 1.91. The van der Waals surface area contributed by atoms with Crippen molar-refractivity contribution in [1.29, 1.82) is 0 Å². The number of ether oxygens (including phenoxy) is 2. The minimum absolute atomic E-state index is 0.550. The van der Waals surface area contributed by atoms with Gasteiger partial charge >= 0.3 is 0 Å². The summed E-state index contributed by atoms with van der Waals surface area (Å²) in [4.78, 5) is 0. The van der Waals surface area contributed by atoms with E-state index in [0.717, 1.165) is 16.5 Å². The van der Waals surface area contributed by atoms with Crippen molar-refractivity contribution in [3.63, 3.8) is 0 Å². The number of nitrogens with zero attached hydrogens (tertiary/aromatic N) is 1. The summed E-state index contributed by atoms with van der Waals surface area (Å²) in [6.07, 6.45) is 2.27. The second kappa shape index (κ2) is 7.17. The van der Waals surface area contributed by atoms with Crippen LogP contribution in [0.1, 0.15) is 25.8 Å². The van der Waals surface area contributed by atoms with Crippen molar-refractivity contribution in [2.24, 2.45) is 5.16 Å². The van der Waals surface area contributed by atoms with Crippen LogP contribution in [0.25, 0.3) is 0 Å². The monoisotopic (exact) mass is 301 g/mol. The van der Waals surface area contributed by atoms with Crippen molar-refractivity contribution >= 4 is 22.1 Å². The third-order valence-corrected chi connectivity index (χ3v) is 2.58. The summed E-state index contributed by atoms with van der Waals surface area (Å²) in [5.74, 6) is 1.33. The Morgan fingerprint density at radius 1 is 1.35 bits per heavy atom. The molecule has 5 heteroatoms. The first-order valence-corrected chi connectivity index (χ1v) is 6.28. The number of oxime groups is 1. The van der Waals surface area contributed by atoms with E-state index in [4.69, 9.17) is 14.7 Å². The average Bonchev–Trinajstić information content (AvgIpc) is 2.29. The van der Waals surface area contributed by atoms with Gasteiger partial charge in [0.05, 0.1) is 23.9 Å². The van der Waals surface area contributed by atoms with Crippen LogP contribution in [0.15, 0.2) is 21.8 Å². The molecule has 1 aromatic carbocycles. The standard InChI is InChI=1S/C12H16BrNO3/c1-3-5-17-12-10(13)6-9(8-14-15)7-11(12)16-4-2/h6-8,15H,3-5H2,1-2H3/b14-8-. The van der Waals surface area contributed by atoms with E-state index in [9.17, 15) is 0 Å². The summed E-state index contributed by atoms with van der Waals surface area (Å²) in [7, 11) is 0. The predicted molar refractivity (Wildman–Crippen MR) is 70.5 cm³/mol. The fourth-order valence-electron chi connectivity index (χ4n) is 1.34. The molecule has 0 aromatic heterocycles. The molecular weight excluding hydrogens is 286 g/mol. The Morgan fingerprint density at radius 2 is 2.12 bits per heavy atom. The Morgan fingerprint density at radius 3 is 2.71 bits per heavy atom. The summed E-state index contributed by atoms with van der Waals surface area (Å²) in [6.45, 7) is 5.13. The first-order chi connectivity index (χ1) is 8.22. The van der Waals surface area contributed by atoms with E-state index in [1.807, 2.05) is 19.9 Å². The molecule has 0 fully saturated rings. The van der Waals surface area contributed by atoms with Crippen LogP contribution >= 0.6 is 15.9 Å². The first kappa shape index (κ1) is 13.8. The Labute approximate surface area is 109 Å². The summed E-state index contributed by atoms with van der Waals surface area (Å²) in [6, 6.07) is 3.59. The highest BCUT2D eigenvalue weighted by Gasteiger charge is 2.11. The highest BCUT2D eigenvalue weighted by molar-refractivity contribution is 9.10. The largest absolute Gasteiger partial charge is 0.490 e. The van der Waals surface area contributed by atoms with Gasteiger partial charge in [0, 0.05) is 5.56 Å². The molecule has 0 aliphatic carbocycles. The van der Waals surface area contributed by atoms with Crippen LogP contribution in [0, 0.1) is 0 Å². The van der Waals surface area contributed by atoms with Gasteiger partial charge in [-0.05, 0) is 41.4 Å². The van der Waals surface area contributed by atoms with Crippen LogP contribution in [-0.2, 0) is 0 Å². The van der Waals surface area contributed by atoms with E-state index in [-0.39, 0.29) is 0 Å². The van der Waals surface area contributed by atoms with Crippen molar-refractivity contribution in [2.75, 3.05) is 13.2 Å². The Bertz CT molecular complexity index is 394.